The summed E-state index contributed by atoms with van der Waals surface area (Å²) in [7, 11) is 0. The van der Waals surface area contributed by atoms with Gasteiger partial charge in [-0.15, -0.1) is 0 Å². The van der Waals surface area contributed by atoms with Gasteiger partial charge in [0.25, 0.3) is 5.91 Å². The number of aromatic amines is 1. The fourth-order valence-corrected chi connectivity index (χ4v) is 5.06. The van der Waals surface area contributed by atoms with Gasteiger partial charge in [-0.05, 0) is 84.1 Å². The average molecular weight is 483 g/mol. The molecule has 2 atom stereocenters. The van der Waals surface area contributed by atoms with Crippen molar-refractivity contribution in [3.63, 3.8) is 0 Å². The highest BCUT2D eigenvalue weighted by Crippen LogP contribution is 2.24. The van der Waals surface area contributed by atoms with Crippen molar-refractivity contribution < 1.29 is 19.1 Å². The standard InChI is InChI=1S/C27H38N4O4/c1-17-18(2)28-23-11-10-19(14-22(17)23)25(33)30-12-7-9-21(16-30)29-24(32)20-8-6-13-31(15-20)26(34)35-27(3,4)5/h10-11,14,20-21,28H,6-9,12-13,15-16H2,1-5H3,(H,29,32). The lowest BCUT2D eigenvalue weighted by Gasteiger charge is -2.36. The normalized spacial score (nSPS) is 21.2. The van der Waals surface area contributed by atoms with Crippen LogP contribution in [0.1, 0.15) is 68.1 Å². The summed E-state index contributed by atoms with van der Waals surface area (Å²) in [5.74, 6) is -0.306. The Hall–Kier alpha value is -3.03. The second-order valence-corrected chi connectivity index (χ2v) is 11.0. The number of nitrogens with zero attached hydrogens (tertiary/aromatic N) is 2. The summed E-state index contributed by atoms with van der Waals surface area (Å²) in [5.41, 5.74) is 3.41. The lowest BCUT2D eigenvalue weighted by atomic mass is 9.96. The molecule has 0 bridgehead atoms. The molecule has 2 aliphatic heterocycles. The summed E-state index contributed by atoms with van der Waals surface area (Å²) in [4.78, 5) is 45.6. The van der Waals surface area contributed by atoms with Crippen LogP contribution in [0.2, 0.25) is 0 Å². The number of fused-ring (bicyclic) bond motifs is 1. The van der Waals surface area contributed by atoms with Gasteiger partial charge in [0.15, 0.2) is 0 Å². The van der Waals surface area contributed by atoms with E-state index in [9.17, 15) is 14.4 Å². The minimum Gasteiger partial charge on any atom is -0.444 e. The molecule has 35 heavy (non-hydrogen) atoms. The second-order valence-electron chi connectivity index (χ2n) is 11.0. The molecule has 2 N–H and O–H groups in total. The summed E-state index contributed by atoms with van der Waals surface area (Å²) in [6, 6.07) is 5.71. The molecule has 8 nitrogen and oxygen atoms in total. The number of hydrogen-bond acceptors (Lipinski definition) is 4. The van der Waals surface area contributed by atoms with Crippen LogP contribution in [0.4, 0.5) is 4.79 Å². The van der Waals surface area contributed by atoms with Crippen molar-refractivity contribution in [2.75, 3.05) is 26.2 Å². The Bertz CT molecular complexity index is 1120. The van der Waals surface area contributed by atoms with Crippen LogP contribution in [0.25, 0.3) is 10.9 Å². The topological polar surface area (TPSA) is 94.7 Å². The van der Waals surface area contributed by atoms with E-state index in [1.807, 2.05) is 50.8 Å². The number of carbonyl (C=O) groups is 3. The first-order valence-corrected chi connectivity index (χ1v) is 12.7. The zero-order valence-corrected chi connectivity index (χ0v) is 21.6. The summed E-state index contributed by atoms with van der Waals surface area (Å²) < 4.78 is 5.48. The zero-order chi connectivity index (χ0) is 25.3. The van der Waals surface area contributed by atoms with Crippen molar-refractivity contribution in [3.8, 4) is 0 Å². The average Bonchev–Trinajstić information content (AvgIpc) is 3.10. The first-order valence-electron chi connectivity index (χ1n) is 12.7. The maximum atomic E-state index is 13.3. The number of nitrogens with one attached hydrogen (secondary N) is 2. The quantitative estimate of drug-likeness (QED) is 0.687. The van der Waals surface area contributed by atoms with Gasteiger partial charge >= 0.3 is 6.09 Å². The SMILES string of the molecule is Cc1[nH]c2ccc(C(=O)N3CCCC(NC(=O)C4CCCN(C(=O)OC(C)(C)C)C4)C3)cc2c1C. The number of likely N-dealkylation sites (tertiary alicyclic amines) is 2. The molecule has 2 aromatic rings. The first-order chi connectivity index (χ1) is 16.5. The minimum atomic E-state index is -0.562. The highest BCUT2D eigenvalue weighted by molar-refractivity contribution is 5.99. The van der Waals surface area contributed by atoms with Gasteiger partial charge in [-0.25, -0.2) is 4.79 Å². The van der Waals surface area contributed by atoms with Crippen LogP contribution in [0, 0.1) is 19.8 Å². The smallest absolute Gasteiger partial charge is 0.410 e. The number of carbonyl (C=O) groups excluding carboxylic acids is 3. The van der Waals surface area contributed by atoms with Crippen molar-refractivity contribution in [1.29, 1.82) is 0 Å². The number of ether oxygens (including phenoxy) is 1. The second kappa shape index (κ2) is 9.91. The molecule has 0 saturated carbocycles. The maximum absolute atomic E-state index is 13.3. The molecule has 1 aromatic carbocycles. The number of H-pyrrole nitrogens is 1. The van der Waals surface area contributed by atoms with E-state index in [4.69, 9.17) is 4.74 Å². The fraction of sp³-hybridized carbons (Fsp3) is 0.593. The monoisotopic (exact) mass is 482 g/mol. The number of benzene rings is 1. The van der Waals surface area contributed by atoms with Crippen molar-refractivity contribution in [1.82, 2.24) is 20.1 Å². The number of hydrogen-bond donors (Lipinski definition) is 2. The molecule has 190 valence electrons. The number of aromatic nitrogens is 1. The predicted molar refractivity (Wildman–Crippen MR) is 135 cm³/mol. The third-order valence-electron chi connectivity index (χ3n) is 7.05. The van der Waals surface area contributed by atoms with E-state index in [-0.39, 0.29) is 29.9 Å². The van der Waals surface area contributed by atoms with Gasteiger partial charge in [0, 0.05) is 54.4 Å². The summed E-state index contributed by atoms with van der Waals surface area (Å²) >= 11 is 0. The Labute approximate surface area is 207 Å². The highest BCUT2D eigenvalue weighted by atomic mass is 16.6. The summed E-state index contributed by atoms with van der Waals surface area (Å²) in [6.45, 7) is 11.8. The van der Waals surface area contributed by atoms with Crippen LogP contribution in [-0.4, -0.2) is 70.5 Å². The Morgan fingerprint density at radius 3 is 2.49 bits per heavy atom. The van der Waals surface area contributed by atoms with E-state index < -0.39 is 5.60 Å². The van der Waals surface area contributed by atoms with E-state index in [0.717, 1.165) is 47.8 Å². The number of aryl methyl sites for hydroxylation is 2. The Balaban J connectivity index is 1.36. The van der Waals surface area contributed by atoms with Crippen LogP contribution in [-0.2, 0) is 9.53 Å². The summed E-state index contributed by atoms with van der Waals surface area (Å²) in [6.07, 6.45) is 2.83. The first kappa shape index (κ1) is 25.1. The van der Waals surface area contributed by atoms with E-state index in [2.05, 4.69) is 17.2 Å². The van der Waals surface area contributed by atoms with E-state index >= 15 is 0 Å². The van der Waals surface area contributed by atoms with Crippen LogP contribution < -0.4 is 5.32 Å². The van der Waals surface area contributed by atoms with Gasteiger partial charge in [0.05, 0.1) is 5.92 Å². The Morgan fingerprint density at radius 2 is 1.74 bits per heavy atom. The van der Waals surface area contributed by atoms with Gasteiger partial charge in [0.2, 0.25) is 5.91 Å². The molecule has 2 aliphatic rings. The molecule has 4 rings (SSSR count). The minimum absolute atomic E-state index is 0.00197. The van der Waals surface area contributed by atoms with Crippen molar-refractivity contribution in [2.24, 2.45) is 5.92 Å². The molecule has 1 aromatic heterocycles. The third-order valence-corrected chi connectivity index (χ3v) is 7.05. The molecule has 0 spiro atoms. The van der Waals surface area contributed by atoms with E-state index in [1.54, 1.807) is 4.90 Å². The van der Waals surface area contributed by atoms with Crippen LogP contribution in [0.15, 0.2) is 18.2 Å². The maximum Gasteiger partial charge on any atom is 0.410 e. The third kappa shape index (κ3) is 5.80. The van der Waals surface area contributed by atoms with Gasteiger partial charge in [-0.3, -0.25) is 9.59 Å². The van der Waals surface area contributed by atoms with Gasteiger partial charge < -0.3 is 24.8 Å². The van der Waals surface area contributed by atoms with Gasteiger partial charge in [-0.2, -0.15) is 0 Å². The Morgan fingerprint density at radius 1 is 1.03 bits per heavy atom. The van der Waals surface area contributed by atoms with Gasteiger partial charge in [0.1, 0.15) is 5.60 Å². The van der Waals surface area contributed by atoms with E-state index in [0.29, 0.717) is 31.7 Å². The van der Waals surface area contributed by atoms with Crippen LogP contribution in [0.5, 0.6) is 0 Å². The largest absolute Gasteiger partial charge is 0.444 e. The van der Waals surface area contributed by atoms with Crippen molar-refractivity contribution in [3.05, 3.63) is 35.0 Å². The molecule has 2 saturated heterocycles. The Kier molecular flexibility index (Phi) is 7.10. The molecule has 8 heteroatoms. The number of rotatable bonds is 3. The lowest BCUT2D eigenvalue weighted by molar-refractivity contribution is -0.127. The molecular weight excluding hydrogens is 444 g/mol. The molecule has 3 heterocycles. The number of piperidine rings is 2. The molecule has 2 unspecified atom stereocenters. The van der Waals surface area contributed by atoms with E-state index in [1.165, 1.54) is 0 Å². The molecule has 2 fully saturated rings. The van der Waals surface area contributed by atoms with Crippen molar-refractivity contribution >= 4 is 28.8 Å². The molecule has 0 aliphatic carbocycles. The van der Waals surface area contributed by atoms with Crippen LogP contribution in [0.3, 0.4) is 0 Å². The van der Waals surface area contributed by atoms with Gasteiger partial charge in [-0.1, -0.05) is 0 Å². The number of amides is 3. The molecule has 0 radical (unpaired) electrons. The van der Waals surface area contributed by atoms with Crippen molar-refractivity contribution in [2.45, 2.75) is 71.9 Å². The zero-order valence-electron chi connectivity index (χ0n) is 21.6. The lowest BCUT2D eigenvalue weighted by Crippen LogP contribution is -2.53. The molecular formula is C27H38N4O4. The highest BCUT2D eigenvalue weighted by Gasteiger charge is 2.33. The fourth-order valence-electron chi connectivity index (χ4n) is 5.06. The predicted octanol–water partition coefficient (Wildman–Crippen LogP) is 4.15. The summed E-state index contributed by atoms with van der Waals surface area (Å²) in [5, 5.41) is 4.23. The van der Waals surface area contributed by atoms with Crippen LogP contribution >= 0.6 is 0 Å². The molecule has 3 amide bonds.